The van der Waals surface area contributed by atoms with Gasteiger partial charge in [-0.3, -0.25) is 9.59 Å². The third kappa shape index (κ3) is 6.05. The number of piperidine rings is 1. The van der Waals surface area contributed by atoms with E-state index in [1.165, 1.54) is 5.56 Å². The number of nitrogens with one attached hydrogen (secondary N) is 3. The van der Waals surface area contributed by atoms with Gasteiger partial charge in [0.1, 0.15) is 0 Å². The molecule has 1 saturated heterocycles. The van der Waals surface area contributed by atoms with E-state index in [9.17, 15) is 9.59 Å². The second kappa shape index (κ2) is 9.90. The van der Waals surface area contributed by atoms with E-state index in [1.54, 1.807) is 6.07 Å². The van der Waals surface area contributed by atoms with Gasteiger partial charge < -0.3 is 16.0 Å². The van der Waals surface area contributed by atoms with Gasteiger partial charge in [-0.1, -0.05) is 45.0 Å². The minimum atomic E-state index is -0.191. The summed E-state index contributed by atoms with van der Waals surface area (Å²) in [6.45, 7) is 8.15. The fourth-order valence-corrected chi connectivity index (χ4v) is 3.34. The van der Waals surface area contributed by atoms with Crippen LogP contribution in [0.5, 0.6) is 0 Å². The number of anilines is 2. The summed E-state index contributed by atoms with van der Waals surface area (Å²) in [5, 5.41) is 9.18. The lowest BCUT2D eigenvalue weighted by atomic mass is 9.87. The SMILES string of the molecule is CC(C)(C)c1ccc(C(=O)Nc2ccccc2NC(=O)C2CCNCC2)cc1.Cl. The Morgan fingerprint density at radius 3 is 2.00 bits per heavy atom. The van der Waals surface area contributed by atoms with Crippen molar-refractivity contribution in [3.63, 3.8) is 0 Å². The quantitative estimate of drug-likeness (QED) is 0.683. The van der Waals surface area contributed by atoms with Crippen molar-refractivity contribution in [2.24, 2.45) is 5.92 Å². The van der Waals surface area contributed by atoms with Crippen molar-refractivity contribution < 1.29 is 9.59 Å². The van der Waals surface area contributed by atoms with Gasteiger partial charge >= 0.3 is 0 Å². The van der Waals surface area contributed by atoms with Gasteiger partial charge in [0, 0.05) is 11.5 Å². The highest BCUT2D eigenvalue weighted by Crippen LogP contribution is 2.25. The fraction of sp³-hybridized carbons (Fsp3) is 0.391. The number of hydrogen-bond donors (Lipinski definition) is 3. The molecule has 0 spiro atoms. The average molecular weight is 416 g/mol. The molecule has 156 valence electrons. The molecule has 0 aromatic heterocycles. The first-order chi connectivity index (χ1) is 13.3. The van der Waals surface area contributed by atoms with E-state index in [1.807, 2.05) is 42.5 Å². The summed E-state index contributed by atoms with van der Waals surface area (Å²) in [7, 11) is 0. The number of hydrogen-bond acceptors (Lipinski definition) is 3. The largest absolute Gasteiger partial charge is 0.324 e. The van der Waals surface area contributed by atoms with Crippen LogP contribution >= 0.6 is 12.4 Å². The van der Waals surface area contributed by atoms with Gasteiger partial charge in [0.05, 0.1) is 11.4 Å². The van der Waals surface area contributed by atoms with Gasteiger partial charge in [-0.15, -0.1) is 12.4 Å². The van der Waals surface area contributed by atoms with Crippen LogP contribution in [0.3, 0.4) is 0 Å². The molecule has 2 aromatic carbocycles. The Kier molecular flexibility index (Phi) is 7.82. The Morgan fingerprint density at radius 1 is 0.897 bits per heavy atom. The van der Waals surface area contributed by atoms with Gasteiger partial charge in [0.15, 0.2) is 0 Å². The van der Waals surface area contributed by atoms with E-state index in [2.05, 4.69) is 36.7 Å². The Balaban J connectivity index is 0.00000300. The number of benzene rings is 2. The van der Waals surface area contributed by atoms with Gasteiger partial charge in [-0.05, 0) is 61.2 Å². The zero-order valence-electron chi connectivity index (χ0n) is 17.2. The van der Waals surface area contributed by atoms with E-state index in [0.717, 1.165) is 25.9 Å². The summed E-state index contributed by atoms with van der Waals surface area (Å²) in [5.74, 6) is -0.170. The van der Waals surface area contributed by atoms with Gasteiger partial charge in [0.25, 0.3) is 5.91 Å². The maximum absolute atomic E-state index is 12.7. The summed E-state index contributed by atoms with van der Waals surface area (Å²) in [6.07, 6.45) is 1.67. The number of carbonyl (C=O) groups excluding carboxylic acids is 2. The standard InChI is InChI=1S/C23H29N3O2.ClH/c1-23(2,3)18-10-8-16(9-11-18)21(27)25-19-6-4-5-7-20(19)26-22(28)17-12-14-24-15-13-17;/h4-11,17,24H,12-15H2,1-3H3,(H,25,27)(H,26,28);1H. The minimum Gasteiger partial charge on any atom is -0.324 e. The monoisotopic (exact) mass is 415 g/mol. The topological polar surface area (TPSA) is 70.2 Å². The normalized spacial score (nSPS) is 14.6. The molecular weight excluding hydrogens is 386 g/mol. The van der Waals surface area contributed by atoms with Crippen molar-refractivity contribution >= 4 is 35.6 Å². The highest BCUT2D eigenvalue weighted by molar-refractivity contribution is 6.07. The van der Waals surface area contributed by atoms with Crippen LogP contribution in [-0.4, -0.2) is 24.9 Å². The number of carbonyl (C=O) groups is 2. The first-order valence-corrected chi connectivity index (χ1v) is 9.87. The van der Waals surface area contributed by atoms with E-state index in [0.29, 0.717) is 16.9 Å². The molecule has 29 heavy (non-hydrogen) atoms. The fourth-order valence-electron chi connectivity index (χ4n) is 3.34. The van der Waals surface area contributed by atoms with Crippen molar-refractivity contribution in [2.75, 3.05) is 23.7 Å². The number of halogens is 1. The molecule has 2 aromatic rings. The van der Waals surface area contributed by atoms with Crippen molar-refractivity contribution in [2.45, 2.75) is 39.0 Å². The van der Waals surface area contributed by atoms with Crippen LogP contribution in [0.1, 0.15) is 49.5 Å². The lowest BCUT2D eigenvalue weighted by molar-refractivity contribution is -0.120. The lowest BCUT2D eigenvalue weighted by Gasteiger charge is -2.22. The van der Waals surface area contributed by atoms with E-state index in [-0.39, 0.29) is 35.6 Å². The third-order valence-corrected chi connectivity index (χ3v) is 5.16. The molecule has 3 rings (SSSR count). The minimum absolute atomic E-state index is 0. The maximum Gasteiger partial charge on any atom is 0.255 e. The molecule has 2 amide bonds. The molecule has 0 atom stereocenters. The van der Waals surface area contributed by atoms with Gasteiger partial charge in [0.2, 0.25) is 5.91 Å². The molecule has 0 saturated carbocycles. The maximum atomic E-state index is 12.7. The third-order valence-electron chi connectivity index (χ3n) is 5.16. The summed E-state index contributed by atoms with van der Waals surface area (Å²) in [5.41, 5.74) is 3.05. The second-order valence-electron chi connectivity index (χ2n) is 8.34. The Labute approximate surface area is 179 Å². The second-order valence-corrected chi connectivity index (χ2v) is 8.34. The molecule has 1 aliphatic heterocycles. The predicted octanol–water partition coefficient (Wildman–Crippen LogP) is 4.60. The summed E-state index contributed by atoms with van der Waals surface area (Å²) >= 11 is 0. The van der Waals surface area contributed by atoms with Crippen molar-refractivity contribution in [3.05, 3.63) is 59.7 Å². The molecule has 0 radical (unpaired) electrons. The van der Waals surface area contributed by atoms with Crippen LogP contribution in [0, 0.1) is 5.92 Å². The van der Waals surface area contributed by atoms with E-state index in [4.69, 9.17) is 0 Å². The predicted molar refractivity (Wildman–Crippen MR) is 121 cm³/mol. The van der Waals surface area contributed by atoms with Crippen molar-refractivity contribution in [1.82, 2.24) is 5.32 Å². The lowest BCUT2D eigenvalue weighted by Crippen LogP contribution is -2.34. The Hall–Kier alpha value is -2.37. The summed E-state index contributed by atoms with van der Waals surface area (Å²) in [4.78, 5) is 25.2. The number of para-hydroxylation sites is 2. The van der Waals surface area contributed by atoms with Gasteiger partial charge in [-0.2, -0.15) is 0 Å². The molecule has 1 aliphatic rings. The molecule has 1 fully saturated rings. The molecule has 0 unspecified atom stereocenters. The zero-order valence-corrected chi connectivity index (χ0v) is 18.1. The van der Waals surface area contributed by atoms with Crippen LogP contribution in [0.15, 0.2) is 48.5 Å². The highest BCUT2D eigenvalue weighted by Gasteiger charge is 2.22. The Bertz CT molecular complexity index is 838. The van der Waals surface area contributed by atoms with E-state index < -0.39 is 0 Å². The molecule has 3 N–H and O–H groups in total. The van der Waals surface area contributed by atoms with Gasteiger partial charge in [-0.25, -0.2) is 0 Å². The molecule has 5 nitrogen and oxygen atoms in total. The number of amides is 2. The molecule has 6 heteroatoms. The van der Waals surface area contributed by atoms with Crippen LogP contribution in [0.25, 0.3) is 0 Å². The first-order valence-electron chi connectivity index (χ1n) is 9.87. The van der Waals surface area contributed by atoms with Crippen LogP contribution < -0.4 is 16.0 Å². The molecule has 0 aliphatic carbocycles. The summed E-state index contributed by atoms with van der Waals surface area (Å²) in [6, 6.07) is 15.0. The van der Waals surface area contributed by atoms with Crippen molar-refractivity contribution in [1.29, 1.82) is 0 Å². The highest BCUT2D eigenvalue weighted by atomic mass is 35.5. The zero-order chi connectivity index (χ0) is 20.1. The summed E-state index contributed by atoms with van der Waals surface area (Å²) < 4.78 is 0. The van der Waals surface area contributed by atoms with Crippen LogP contribution in [0.2, 0.25) is 0 Å². The Morgan fingerprint density at radius 2 is 1.45 bits per heavy atom. The smallest absolute Gasteiger partial charge is 0.255 e. The van der Waals surface area contributed by atoms with Crippen LogP contribution in [0.4, 0.5) is 11.4 Å². The molecule has 1 heterocycles. The average Bonchev–Trinajstić information content (AvgIpc) is 2.69. The molecular formula is C23H30ClN3O2. The van der Waals surface area contributed by atoms with Crippen LogP contribution in [-0.2, 0) is 10.2 Å². The first kappa shape index (κ1) is 22.9. The number of rotatable bonds is 4. The molecule has 0 bridgehead atoms. The van der Waals surface area contributed by atoms with E-state index >= 15 is 0 Å². The van der Waals surface area contributed by atoms with Crippen molar-refractivity contribution in [3.8, 4) is 0 Å².